The lowest BCUT2D eigenvalue weighted by atomic mass is 9.93. The van der Waals surface area contributed by atoms with Gasteiger partial charge >= 0.3 is 0 Å². The molecule has 0 aromatic heterocycles. The lowest BCUT2D eigenvalue weighted by Crippen LogP contribution is -2.35. The van der Waals surface area contributed by atoms with Gasteiger partial charge in [0.25, 0.3) is 0 Å². The Morgan fingerprint density at radius 3 is 2.74 bits per heavy atom. The predicted molar refractivity (Wildman–Crippen MR) is 85.7 cm³/mol. The zero-order chi connectivity index (χ0) is 16.5. The smallest absolute Gasteiger partial charge is 0.220 e. The van der Waals surface area contributed by atoms with Crippen molar-refractivity contribution in [1.29, 1.82) is 0 Å². The summed E-state index contributed by atoms with van der Waals surface area (Å²) >= 11 is 0. The molecule has 1 aliphatic rings. The molecule has 1 heterocycles. The van der Waals surface area contributed by atoms with E-state index in [9.17, 15) is 14.3 Å². The quantitative estimate of drug-likeness (QED) is 0.677. The van der Waals surface area contributed by atoms with Crippen LogP contribution in [0.3, 0.4) is 0 Å². The number of aliphatic hydroxyl groups excluding tert-OH is 1. The summed E-state index contributed by atoms with van der Waals surface area (Å²) in [6, 6.07) is 5.59. The second kappa shape index (κ2) is 9.47. The lowest BCUT2D eigenvalue weighted by molar-refractivity contribution is -0.122. The van der Waals surface area contributed by atoms with Gasteiger partial charge in [-0.15, -0.1) is 0 Å². The number of carbonyl (C=O) groups is 1. The number of rotatable bonds is 8. The third-order valence-corrected chi connectivity index (χ3v) is 4.03. The van der Waals surface area contributed by atoms with E-state index in [4.69, 9.17) is 4.74 Å². The van der Waals surface area contributed by atoms with Crippen molar-refractivity contribution in [2.24, 2.45) is 5.92 Å². The first-order chi connectivity index (χ1) is 11.1. The zero-order valence-electron chi connectivity index (χ0n) is 13.3. The minimum absolute atomic E-state index is 0.0376. The SMILES string of the molecule is O=C(CCC1CCNCC1)NCC(O)COc1ccc(F)cc1. The standard InChI is InChI=1S/C17H25FN2O3/c18-14-2-4-16(5-3-14)23-12-15(21)11-20-17(22)6-1-13-7-9-19-10-8-13/h2-5,13,15,19,21H,1,6-12H2,(H,20,22). The Morgan fingerprint density at radius 2 is 2.04 bits per heavy atom. The van der Waals surface area contributed by atoms with Gasteiger partial charge in [0.05, 0.1) is 0 Å². The number of nitrogens with one attached hydrogen (secondary N) is 2. The fraction of sp³-hybridized carbons (Fsp3) is 0.588. The summed E-state index contributed by atoms with van der Waals surface area (Å²) in [5, 5.41) is 15.8. The van der Waals surface area contributed by atoms with Gasteiger partial charge in [0, 0.05) is 13.0 Å². The van der Waals surface area contributed by atoms with E-state index in [1.54, 1.807) is 0 Å². The molecule has 2 rings (SSSR count). The molecule has 128 valence electrons. The van der Waals surface area contributed by atoms with E-state index in [1.807, 2.05) is 0 Å². The highest BCUT2D eigenvalue weighted by atomic mass is 19.1. The van der Waals surface area contributed by atoms with Gasteiger partial charge in [-0.1, -0.05) is 0 Å². The Labute approximate surface area is 136 Å². The molecule has 5 nitrogen and oxygen atoms in total. The Hall–Kier alpha value is -1.66. The molecule has 1 aromatic carbocycles. The van der Waals surface area contributed by atoms with Crippen LogP contribution < -0.4 is 15.4 Å². The van der Waals surface area contributed by atoms with Crippen LogP contribution in [-0.4, -0.2) is 43.4 Å². The number of piperidine rings is 1. The van der Waals surface area contributed by atoms with Gasteiger partial charge in [0.15, 0.2) is 0 Å². The molecule has 1 aromatic rings. The molecule has 1 atom stereocenters. The van der Waals surface area contributed by atoms with Crippen molar-refractivity contribution in [2.45, 2.75) is 31.8 Å². The lowest BCUT2D eigenvalue weighted by Gasteiger charge is -2.22. The molecule has 0 radical (unpaired) electrons. The maximum absolute atomic E-state index is 12.7. The van der Waals surface area contributed by atoms with Crippen molar-refractivity contribution in [2.75, 3.05) is 26.2 Å². The first-order valence-electron chi connectivity index (χ1n) is 8.17. The largest absolute Gasteiger partial charge is 0.491 e. The Balaban J connectivity index is 1.56. The topological polar surface area (TPSA) is 70.6 Å². The average molecular weight is 324 g/mol. The Morgan fingerprint density at radius 1 is 1.35 bits per heavy atom. The molecule has 1 unspecified atom stereocenters. The zero-order valence-corrected chi connectivity index (χ0v) is 13.3. The van der Waals surface area contributed by atoms with Crippen molar-refractivity contribution in [3.63, 3.8) is 0 Å². The predicted octanol–water partition coefficient (Wildman–Crippen LogP) is 1.46. The van der Waals surface area contributed by atoms with Crippen LogP contribution in [0.25, 0.3) is 0 Å². The van der Waals surface area contributed by atoms with Crippen LogP contribution in [-0.2, 0) is 4.79 Å². The molecule has 1 saturated heterocycles. The second-order valence-corrected chi connectivity index (χ2v) is 5.95. The van der Waals surface area contributed by atoms with Gasteiger partial charge in [-0.05, 0) is 62.5 Å². The number of amides is 1. The highest BCUT2D eigenvalue weighted by Crippen LogP contribution is 2.17. The maximum Gasteiger partial charge on any atom is 0.220 e. The van der Waals surface area contributed by atoms with E-state index in [0.717, 1.165) is 32.4 Å². The summed E-state index contributed by atoms with van der Waals surface area (Å²) in [4.78, 5) is 11.8. The molecule has 0 bridgehead atoms. The number of aliphatic hydroxyl groups is 1. The van der Waals surface area contributed by atoms with E-state index in [1.165, 1.54) is 24.3 Å². The van der Waals surface area contributed by atoms with Gasteiger partial charge in [-0.25, -0.2) is 4.39 Å². The van der Waals surface area contributed by atoms with Crippen molar-refractivity contribution >= 4 is 5.91 Å². The molecule has 6 heteroatoms. The molecular formula is C17H25FN2O3. The van der Waals surface area contributed by atoms with E-state index >= 15 is 0 Å². The van der Waals surface area contributed by atoms with Crippen LogP contribution in [0.2, 0.25) is 0 Å². The fourth-order valence-corrected chi connectivity index (χ4v) is 2.61. The number of benzene rings is 1. The summed E-state index contributed by atoms with van der Waals surface area (Å²) in [6.45, 7) is 2.28. The molecule has 3 N–H and O–H groups in total. The van der Waals surface area contributed by atoms with Crippen LogP contribution >= 0.6 is 0 Å². The molecule has 0 saturated carbocycles. The summed E-state index contributed by atoms with van der Waals surface area (Å²) in [7, 11) is 0. The minimum atomic E-state index is -0.789. The van der Waals surface area contributed by atoms with E-state index in [2.05, 4.69) is 10.6 Å². The van der Waals surface area contributed by atoms with Crippen LogP contribution in [0.4, 0.5) is 4.39 Å². The molecular weight excluding hydrogens is 299 g/mol. The summed E-state index contributed by atoms with van der Waals surface area (Å²) in [6.07, 6.45) is 2.86. The molecule has 1 amide bonds. The molecule has 23 heavy (non-hydrogen) atoms. The minimum Gasteiger partial charge on any atom is -0.491 e. The number of halogens is 1. The molecule has 1 aliphatic heterocycles. The third-order valence-electron chi connectivity index (χ3n) is 4.03. The van der Waals surface area contributed by atoms with E-state index in [0.29, 0.717) is 18.1 Å². The van der Waals surface area contributed by atoms with E-state index < -0.39 is 6.10 Å². The van der Waals surface area contributed by atoms with Gasteiger partial charge in [0.1, 0.15) is 24.3 Å². The first-order valence-corrected chi connectivity index (χ1v) is 8.17. The van der Waals surface area contributed by atoms with Crippen molar-refractivity contribution in [3.05, 3.63) is 30.1 Å². The number of ether oxygens (including phenoxy) is 1. The number of hydrogen-bond acceptors (Lipinski definition) is 4. The normalized spacial score (nSPS) is 16.8. The molecule has 1 fully saturated rings. The monoisotopic (exact) mass is 324 g/mol. The maximum atomic E-state index is 12.7. The first kappa shape index (κ1) is 17.7. The number of hydrogen-bond donors (Lipinski definition) is 3. The summed E-state index contributed by atoms with van der Waals surface area (Å²) < 4.78 is 18.1. The Kier molecular flexibility index (Phi) is 7.29. The third kappa shape index (κ3) is 6.97. The second-order valence-electron chi connectivity index (χ2n) is 5.95. The van der Waals surface area contributed by atoms with Crippen molar-refractivity contribution in [3.8, 4) is 5.75 Å². The molecule has 0 aliphatic carbocycles. The highest BCUT2D eigenvalue weighted by Gasteiger charge is 2.15. The van der Waals surface area contributed by atoms with Crippen LogP contribution in [0.5, 0.6) is 5.75 Å². The summed E-state index contributed by atoms with van der Waals surface area (Å²) in [5.74, 6) is 0.736. The van der Waals surface area contributed by atoms with Gasteiger partial charge in [-0.3, -0.25) is 4.79 Å². The van der Waals surface area contributed by atoms with Crippen molar-refractivity contribution < 1.29 is 19.0 Å². The average Bonchev–Trinajstić information content (AvgIpc) is 2.58. The fourth-order valence-electron chi connectivity index (χ4n) is 2.61. The highest BCUT2D eigenvalue weighted by molar-refractivity contribution is 5.75. The van der Waals surface area contributed by atoms with Gasteiger partial charge in [0.2, 0.25) is 5.91 Å². The van der Waals surface area contributed by atoms with Crippen LogP contribution in [0.1, 0.15) is 25.7 Å². The molecule has 0 spiro atoms. The Bertz CT molecular complexity index is 475. The van der Waals surface area contributed by atoms with Gasteiger partial charge in [-0.2, -0.15) is 0 Å². The number of carbonyl (C=O) groups excluding carboxylic acids is 1. The van der Waals surface area contributed by atoms with E-state index in [-0.39, 0.29) is 24.9 Å². The van der Waals surface area contributed by atoms with Crippen LogP contribution in [0.15, 0.2) is 24.3 Å². The van der Waals surface area contributed by atoms with Crippen molar-refractivity contribution in [1.82, 2.24) is 10.6 Å². The summed E-state index contributed by atoms with van der Waals surface area (Å²) in [5.41, 5.74) is 0. The van der Waals surface area contributed by atoms with Gasteiger partial charge < -0.3 is 20.5 Å². The van der Waals surface area contributed by atoms with Crippen LogP contribution in [0, 0.1) is 11.7 Å².